The van der Waals surface area contributed by atoms with Crippen LogP contribution >= 0.6 is 0 Å². The van der Waals surface area contributed by atoms with E-state index < -0.39 is 0 Å². The van der Waals surface area contributed by atoms with Gasteiger partial charge in [0.05, 0.1) is 0 Å². The van der Waals surface area contributed by atoms with Gasteiger partial charge in [-0.3, -0.25) is 0 Å². The standard InChI is InChI=1S/C14H14FNO/c1-10-2-3-11(8-14(10)16)9-17-13-6-4-12(15)5-7-13/h2-8H,9,16H2,1H3. The van der Waals surface area contributed by atoms with Gasteiger partial charge in [0.25, 0.3) is 0 Å². The van der Waals surface area contributed by atoms with Gasteiger partial charge in [-0.25, -0.2) is 4.39 Å². The molecule has 0 radical (unpaired) electrons. The van der Waals surface area contributed by atoms with Gasteiger partial charge in [-0.2, -0.15) is 0 Å². The highest BCUT2D eigenvalue weighted by molar-refractivity contribution is 5.48. The Balaban J connectivity index is 2.02. The number of hydrogen-bond donors (Lipinski definition) is 1. The summed E-state index contributed by atoms with van der Waals surface area (Å²) in [6.07, 6.45) is 0. The van der Waals surface area contributed by atoms with Gasteiger partial charge in [-0.1, -0.05) is 12.1 Å². The quantitative estimate of drug-likeness (QED) is 0.822. The van der Waals surface area contributed by atoms with Crippen molar-refractivity contribution >= 4 is 5.69 Å². The highest BCUT2D eigenvalue weighted by Gasteiger charge is 1.99. The van der Waals surface area contributed by atoms with Crippen LogP contribution in [0.5, 0.6) is 5.75 Å². The van der Waals surface area contributed by atoms with E-state index in [-0.39, 0.29) is 5.82 Å². The first-order valence-electron chi connectivity index (χ1n) is 5.38. The van der Waals surface area contributed by atoms with Crippen molar-refractivity contribution in [2.24, 2.45) is 0 Å². The van der Waals surface area contributed by atoms with Crippen LogP contribution in [-0.2, 0) is 6.61 Å². The Morgan fingerprint density at radius 3 is 2.47 bits per heavy atom. The minimum atomic E-state index is -0.267. The smallest absolute Gasteiger partial charge is 0.123 e. The molecular weight excluding hydrogens is 217 g/mol. The Morgan fingerprint density at radius 1 is 1.12 bits per heavy atom. The van der Waals surface area contributed by atoms with E-state index in [0.717, 1.165) is 16.8 Å². The topological polar surface area (TPSA) is 35.2 Å². The number of halogens is 1. The summed E-state index contributed by atoms with van der Waals surface area (Å²) in [5, 5.41) is 0. The summed E-state index contributed by atoms with van der Waals surface area (Å²) in [6.45, 7) is 2.38. The largest absolute Gasteiger partial charge is 0.489 e. The van der Waals surface area contributed by atoms with Crippen molar-refractivity contribution in [3.63, 3.8) is 0 Å². The predicted octanol–water partition coefficient (Wildman–Crippen LogP) is 3.30. The van der Waals surface area contributed by atoms with Gasteiger partial charge >= 0.3 is 0 Å². The van der Waals surface area contributed by atoms with Crippen LogP contribution in [0.25, 0.3) is 0 Å². The molecule has 0 aliphatic carbocycles. The number of nitrogen functional groups attached to an aromatic ring is 1. The van der Waals surface area contributed by atoms with Crippen LogP contribution in [0.4, 0.5) is 10.1 Å². The number of ether oxygens (including phenoxy) is 1. The Kier molecular flexibility index (Phi) is 3.28. The molecule has 0 amide bonds. The van der Waals surface area contributed by atoms with Crippen LogP contribution in [-0.4, -0.2) is 0 Å². The molecule has 17 heavy (non-hydrogen) atoms. The van der Waals surface area contributed by atoms with Crippen LogP contribution in [0.2, 0.25) is 0 Å². The Morgan fingerprint density at radius 2 is 1.82 bits per heavy atom. The van der Waals surface area contributed by atoms with Gasteiger partial charge in [0.2, 0.25) is 0 Å². The van der Waals surface area contributed by atoms with Crippen LogP contribution in [0, 0.1) is 12.7 Å². The molecule has 0 aromatic heterocycles. The first-order valence-corrected chi connectivity index (χ1v) is 5.38. The molecule has 0 atom stereocenters. The molecule has 2 nitrogen and oxygen atoms in total. The molecule has 0 heterocycles. The normalized spacial score (nSPS) is 10.2. The van der Waals surface area contributed by atoms with Gasteiger partial charge in [0, 0.05) is 5.69 Å². The zero-order valence-electron chi connectivity index (χ0n) is 9.61. The fourth-order valence-electron chi connectivity index (χ4n) is 1.48. The van der Waals surface area contributed by atoms with Gasteiger partial charge < -0.3 is 10.5 Å². The van der Waals surface area contributed by atoms with E-state index in [2.05, 4.69) is 0 Å². The fourth-order valence-corrected chi connectivity index (χ4v) is 1.48. The highest BCUT2D eigenvalue weighted by atomic mass is 19.1. The summed E-state index contributed by atoms with van der Waals surface area (Å²) in [7, 11) is 0. The van der Waals surface area contributed by atoms with Crippen molar-refractivity contribution in [2.75, 3.05) is 5.73 Å². The molecule has 0 saturated carbocycles. The Hall–Kier alpha value is -2.03. The molecule has 0 saturated heterocycles. The molecule has 0 aliphatic heterocycles. The number of hydrogen-bond acceptors (Lipinski definition) is 2. The minimum absolute atomic E-state index is 0.267. The monoisotopic (exact) mass is 231 g/mol. The maximum Gasteiger partial charge on any atom is 0.123 e. The second-order valence-corrected chi connectivity index (χ2v) is 3.93. The van der Waals surface area contributed by atoms with Gasteiger partial charge in [0.15, 0.2) is 0 Å². The number of benzene rings is 2. The average Bonchev–Trinajstić information content (AvgIpc) is 2.33. The van der Waals surface area contributed by atoms with E-state index in [4.69, 9.17) is 10.5 Å². The lowest BCUT2D eigenvalue weighted by Crippen LogP contribution is -1.98. The maximum absolute atomic E-state index is 12.7. The Bertz CT molecular complexity index is 508. The summed E-state index contributed by atoms with van der Waals surface area (Å²) >= 11 is 0. The first kappa shape index (κ1) is 11.5. The van der Waals surface area contributed by atoms with Crippen molar-refractivity contribution in [3.05, 3.63) is 59.4 Å². The third kappa shape index (κ3) is 2.97. The summed E-state index contributed by atoms with van der Waals surface area (Å²) < 4.78 is 18.2. The molecule has 0 aliphatic rings. The number of rotatable bonds is 3. The van der Waals surface area contributed by atoms with Crippen molar-refractivity contribution in [1.29, 1.82) is 0 Å². The van der Waals surface area contributed by atoms with Gasteiger partial charge in [-0.05, 0) is 48.4 Å². The fraction of sp³-hybridized carbons (Fsp3) is 0.143. The first-order chi connectivity index (χ1) is 8.15. The lowest BCUT2D eigenvalue weighted by Gasteiger charge is -2.08. The second-order valence-electron chi connectivity index (χ2n) is 3.93. The lowest BCUT2D eigenvalue weighted by atomic mass is 10.1. The molecule has 2 N–H and O–H groups in total. The minimum Gasteiger partial charge on any atom is -0.489 e. The molecule has 3 heteroatoms. The zero-order chi connectivity index (χ0) is 12.3. The van der Waals surface area contributed by atoms with Gasteiger partial charge in [-0.15, -0.1) is 0 Å². The van der Waals surface area contributed by atoms with E-state index in [9.17, 15) is 4.39 Å². The van der Waals surface area contributed by atoms with Crippen LogP contribution in [0.3, 0.4) is 0 Å². The SMILES string of the molecule is Cc1ccc(COc2ccc(F)cc2)cc1N. The summed E-state index contributed by atoms with van der Waals surface area (Å²) in [6, 6.07) is 11.8. The van der Waals surface area contributed by atoms with Gasteiger partial charge in [0.1, 0.15) is 18.2 Å². The molecule has 2 aromatic rings. The second kappa shape index (κ2) is 4.87. The molecule has 2 aromatic carbocycles. The van der Waals surface area contributed by atoms with E-state index in [1.54, 1.807) is 12.1 Å². The highest BCUT2D eigenvalue weighted by Crippen LogP contribution is 2.16. The molecule has 0 fully saturated rings. The Labute approximate surface area is 99.8 Å². The summed E-state index contributed by atoms with van der Waals surface area (Å²) in [5.41, 5.74) is 8.61. The van der Waals surface area contributed by atoms with E-state index in [0.29, 0.717) is 12.4 Å². The summed E-state index contributed by atoms with van der Waals surface area (Å²) in [5.74, 6) is 0.377. The van der Waals surface area contributed by atoms with Crippen molar-refractivity contribution in [1.82, 2.24) is 0 Å². The third-order valence-electron chi connectivity index (χ3n) is 2.56. The third-order valence-corrected chi connectivity index (χ3v) is 2.56. The number of nitrogens with two attached hydrogens (primary N) is 1. The summed E-state index contributed by atoms with van der Waals surface area (Å²) in [4.78, 5) is 0. The van der Waals surface area contributed by atoms with Crippen LogP contribution in [0.1, 0.15) is 11.1 Å². The van der Waals surface area contributed by atoms with E-state index in [1.165, 1.54) is 12.1 Å². The molecule has 2 rings (SSSR count). The molecule has 0 spiro atoms. The maximum atomic E-state index is 12.7. The van der Waals surface area contributed by atoms with Crippen molar-refractivity contribution in [3.8, 4) is 5.75 Å². The van der Waals surface area contributed by atoms with Crippen LogP contribution in [0.15, 0.2) is 42.5 Å². The number of anilines is 1. The van der Waals surface area contributed by atoms with Crippen LogP contribution < -0.4 is 10.5 Å². The lowest BCUT2D eigenvalue weighted by molar-refractivity contribution is 0.306. The van der Waals surface area contributed by atoms with Crippen molar-refractivity contribution in [2.45, 2.75) is 13.5 Å². The zero-order valence-corrected chi connectivity index (χ0v) is 9.61. The van der Waals surface area contributed by atoms with Crippen molar-refractivity contribution < 1.29 is 9.13 Å². The predicted molar refractivity (Wildman–Crippen MR) is 66.3 cm³/mol. The van der Waals surface area contributed by atoms with E-state index in [1.807, 2.05) is 25.1 Å². The molecule has 0 unspecified atom stereocenters. The number of aryl methyl sites for hydroxylation is 1. The average molecular weight is 231 g/mol. The molecule has 0 bridgehead atoms. The molecule has 88 valence electrons. The molecular formula is C14H14FNO. The van der Waals surface area contributed by atoms with E-state index >= 15 is 0 Å².